The van der Waals surface area contributed by atoms with Crippen molar-refractivity contribution >= 4 is 21.8 Å². The monoisotopic (exact) mass is 493 g/mol. The number of benzene rings is 2. The fourth-order valence-corrected chi connectivity index (χ4v) is 5.03. The van der Waals surface area contributed by atoms with Crippen LogP contribution < -0.4 is 5.32 Å². The number of likely N-dealkylation sites (N-methyl/N-ethyl adjacent to an activating group) is 1. The Morgan fingerprint density at radius 2 is 1.81 bits per heavy atom. The van der Waals surface area contributed by atoms with Crippen LogP contribution in [0.5, 0.6) is 0 Å². The molecule has 168 valence electrons. The molecule has 1 saturated heterocycles. The Bertz CT molecular complexity index is 1070. The van der Waals surface area contributed by atoms with Gasteiger partial charge in [0.05, 0.1) is 0 Å². The van der Waals surface area contributed by atoms with Gasteiger partial charge in [0, 0.05) is 35.4 Å². The molecule has 1 atom stereocenters. The summed E-state index contributed by atoms with van der Waals surface area (Å²) in [6.45, 7) is 9.90. The largest absolute Gasteiger partial charge is 0.349 e. The summed E-state index contributed by atoms with van der Waals surface area (Å²) in [4.78, 5) is 16.0. The lowest BCUT2D eigenvalue weighted by molar-refractivity contribution is 0.0933. The molecule has 1 aliphatic heterocycles. The first-order valence-corrected chi connectivity index (χ1v) is 12.3. The van der Waals surface area contributed by atoms with Crippen LogP contribution in [0, 0.1) is 13.8 Å². The first-order chi connectivity index (χ1) is 15.5. The number of rotatable bonds is 7. The van der Waals surface area contributed by atoms with Crippen molar-refractivity contribution in [2.75, 3.05) is 19.6 Å². The smallest absolute Gasteiger partial charge is 0.268 e. The Kier molecular flexibility index (Phi) is 7.17. The summed E-state index contributed by atoms with van der Waals surface area (Å²) in [7, 11) is 0. The van der Waals surface area contributed by atoms with Crippen LogP contribution in [-0.4, -0.2) is 41.1 Å². The van der Waals surface area contributed by atoms with E-state index < -0.39 is 0 Å². The van der Waals surface area contributed by atoms with E-state index in [1.807, 2.05) is 12.1 Å². The van der Waals surface area contributed by atoms with E-state index in [9.17, 15) is 4.79 Å². The maximum Gasteiger partial charge on any atom is 0.268 e. The van der Waals surface area contributed by atoms with Crippen molar-refractivity contribution in [1.82, 2.24) is 14.8 Å². The number of aryl methyl sites for hydroxylation is 2. The molecule has 2 heterocycles. The third-order valence-electron chi connectivity index (χ3n) is 6.49. The van der Waals surface area contributed by atoms with Crippen molar-refractivity contribution in [1.29, 1.82) is 0 Å². The molecule has 1 unspecified atom stereocenters. The predicted octanol–water partition coefficient (Wildman–Crippen LogP) is 5.80. The summed E-state index contributed by atoms with van der Waals surface area (Å²) in [5.41, 5.74) is 6.36. The lowest BCUT2D eigenvalue weighted by Crippen LogP contribution is -2.40. The van der Waals surface area contributed by atoms with E-state index in [0.29, 0.717) is 19.1 Å². The Labute approximate surface area is 199 Å². The number of amides is 1. The highest BCUT2D eigenvalue weighted by Gasteiger charge is 2.26. The van der Waals surface area contributed by atoms with E-state index in [2.05, 4.69) is 94.1 Å². The number of nitrogens with one attached hydrogen (secondary N) is 1. The second kappa shape index (κ2) is 10.1. The number of likely N-dealkylation sites (tertiary alicyclic amines) is 1. The quantitative estimate of drug-likeness (QED) is 0.451. The van der Waals surface area contributed by atoms with Crippen molar-refractivity contribution in [3.05, 3.63) is 81.6 Å². The standard InChI is InChI=1S/C27H32BrN3O/c1-4-30-15-5-6-24(30)16-29-27(32)26-25(22-11-7-19(2)8-12-22)20(3)17-31(26)18-21-9-13-23(28)14-10-21/h7-14,17,24H,4-6,15-16,18H2,1-3H3,(H,29,32). The molecule has 2 aromatic carbocycles. The molecule has 32 heavy (non-hydrogen) atoms. The number of carbonyl (C=O) groups excluding carboxylic acids is 1. The summed E-state index contributed by atoms with van der Waals surface area (Å²) in [5.74, 6) is 0.00809. The number of hydrogen-bond donors (Lipinski definition) is 1. The summed E-state index contributed by atoms with van der Waals surface area (Å²) < 4.78 is 3.16. The number of aromatic nitrogens is 1. The van der Waals surface area contributed by atoms with E-state index in [0.717, 1.165) is 46.4 Å². The predicted molar refractivity (Wildman–Crippen MR) is 135 cm³/mol. The van der Waals surface area contributed by atoms with Crippen molar-refractivity contribution in [2.24, 2.45) is 0 Å². The maximum atomic E-state index is 13.6. The Balaban J connectivity index is 1.67. The third-order valence-corrected chi connectivity index (χ3v) is 7.02. The van der Waals surface area contributed by atoms with Crippen LogP contribution in [0.2, 0.25) is 0 Å². The molecular weight excluding hydrogens is 462 g/mol. The molecule has 1 N–H and O–H groups in total. The van der Waals surface area contributed by atoms with Gasteiger partial charge in [-0.1, -0.05) is 64.8 Å². The highest BCUT2D eigenvalue weighted by atomic mass is 79.9. The highest BCUT2D eigenvalue weighted by molar-refractivity contribution is 9.10. The summed E-state index contributed by atoms with van der Waals surface area (Å²) in [6, 6.07) is 17.2. The number of nitrogens with zero attached hydrogens (tertiary/aromatic N) is 2. The first kappa shape index (κ1) is 22.8. The molecule has 5 heteroatoms. The van der Waals surface area contributed by atoms with Gasteiger partial charge in [0.25, 0.3) is 5.91 Å². The average Bonchev–Trinajstić information content (AvgIpc) is 3.38. The minimum Gasteiger partial charge on any atom is -0.349 e. The van der Waals surface area contributed by atoms with Crippen LogP contribution in [0.4, 0.5) is 0 Å². The van der Waals surface area contributed by atoms with Gasteiger partial charge in [0.2, 0.25) is 0 Å². The molecule has 3 aromatic rings. The molecule has 4 nitrogen and oxygen atoms in total. The number of hydrogen-bond acceptors (Lipinski definition) is 2. The number of halogens is 1. The van der Waals surface area contributed by atoms with Gasteiger partial charge < -0.3 is 9.88 Å². The molecule has 1 amide bonds. The van der Waals surface area contributed by atoms with E-state index in [1.165, 1.54) is 17.5 Å². The zero-order valence-corrected chi connectivity index (χ0v) is 20.8. The molecule has 4 rings (SSSR count). The molecule has 1 aromatic heterocycles. The fourth-order valence-electron chi connectivity index (χ4n) is 4.77. The van der Waals surface area contributed by atoms with Crippen molar-refractivity contribution in [3.63, 3.8) is 0 Å². The van der Waals surface area contributed by atoms with E-state index in [-0.39, 0.29) is 5.91 Å². The minimum absolute atomic E-state index is 0.00809. The topological polar surface area (TPSA) is 37.3 Å². The van der Waals surface area contributed by atoms with Crippen LogP contribution in [0.15, 0.2) is 59.2 Å². The third kappa shape index (κ3) is 5.00. The summed E-state index contributed by atoms with van der Waals surface area (Å²) in [6.07, 6.45) is 4.47. The second-order valence-electron chi connectivity index (χ2n) is 8.79. The summed E-state index contributed by atoms with van der Waals surface area (Å²) in [5, 5.41) is 3.27. The van der Waals surface area contributed by atoms with Gasteiger partial charge in [-0.05, 0) is 68.6 Å². The zero-order valence-electron chi connectivity index (χ0n) is 19.2. The fraction of sp³-hybridized carbons (Fsp3) is 0.370. The molecule has 1 fully saturated rings. The van der Waals surface area contributed by atoms with Crippen LogP contribution in [0.3, 0.4) is 0 Å². The molecule has 0 bridgehead atoms. The molecule has 0 radical (unpaired) electrons. The van der Waals surface area contributed by atoms with Gasteiger partial charge >= 0.3 is 0 Å². The lowest BCUT2D eigenvalue weighted by atomic mass is 10.0. The Morgan fingerprint density at radius 1 is 1.09 bits per heavy atom. The lowest BCUT2D eigenvalue weighted by Gasteiger charge is -2.23. The normalized spacial score (nSPS) is 16.4. The van der Waals surface area contributed by atoms with Crippen molar-refractivity contribution < 1.29 is 4.79 Å². The van der Waals surface area contributed by atoms with Crippen molar-refractivity contribution in [2.45, 2.75) is 46.2 Å². The average molecular weight is 494 g/mol. The van der Waals surface area contributed by atoms with E-state index in [1.54, 1.807) is 0 Å². The van der Waals surface area contributed by atoms with Crippen LogP contribution in [0.25, 0.3) is 11.1 Å². The molecule has 0 saturated carbocycles. The van der Waals surface area contributed by atoms with Gasteiger partial charge in [-0.3, -0.25) is 9.69 Å². The minimum atomic E-state index is 0.00809. The first-order valence-electron chi connectivity index (χ1n) is 11.5. The van der Waals surface area contributed by atoms with E-state index in [4.69, 9.17) is 0 Å². The van der Waals surface area contributed by atoms with Crippen molar-refractivity contribution in [3.8, 4) is 11.1 Å². The van der Waals surface area contributed by atoms with Crippen LogP contribution in [-0.2, 0) is 6.54 Å². The molecule has 0 spiro atoms. The Morgan fingerprint density at radius 3 is 2.50 bits per heavy atom. The zero-order chi connectivity index (χ0) is 22.7. The van der Waals surface area contributed by atoms with Gasteiger partial charge in [0.1, 0.15) is 5.69 Å². The molecule has 1 aliphatic rings. The van der Waals surface area contributed by atoms with Gasteiger partial charge in [-0.2, -0.15) is 0 Å². The Hall–Kier alpha value is -2.37. The van der Waals surface area contributed by atoms with Crippen LogP contribution >= 0.6 is 15.9 Å². The van der Waals surface area contributed by atoms with Crippen LogP contribution in [0.1, 0.15) is 46.9 Å². The molecule has 0 aliphatic carbocycles. The second-order valence-corrected chi connectivity index (χ2v) is 9.71. The van der Waals surface area contributed by atoms with E-state index >= 15 is 0 Å². The van der Waals surface area contributed by atoms with Gasteiger partial charge in [0.15, 0.2) is 0 Å². The number of carbonyl (C=O) groups is 1. The SMILES string of the molecule is CCN1CCCC1CNC(=O)c1c(-c2ccc(C)cc2)c(C)cn1Cc1ccc(Br)cc1. The van der Waals surface area contributed by atoms with Gasteiger partial charge in [-0.15, -0.1) is 0 Å². The summed E-state index contributed by atoms with van der Waals surface area (Å²) >= 11 is 3.51. The highest BCUT2D eigenvalue weighted by Crippen LogP contribution is 2.30. The molecular formula is C27H32BrN3O. The maximum absolute atomic E-state index is 13.6. The van der Waals surface area contributed by atoms with Gasteiger partial charge in [-0.25, -0.2) is 0 Å².